The van der Waals surface area contributed by atoms with Crippen molar-refractivity contribution in [3.63, 3.8) is 0 Å². The van der Waals surface area contributed by atoms with Crippen LogP contribution in [-0.2, 0) is 9.59 Å². The minimum Gasteiger partial charge on any atom is -0.356 e. The van der Waals surface area contributed by atoms with Gasteiger partial charge in [-0.15, -0.1) is 0 Å². The summed E-state index contributed by atoms with van der Waals surface area (Å²) in [5.41, 5.74) is 0.0451. The Kier molecular flexibility index (Phi) is 6.21. The number of hydrogen-bond acceptors (Lipinski definition) is 2. The average molecular weight is 213 g/mol. The van der Waals surface area contributed by atoms with Gasteiger partial charge in [0.05, 0.1) is 0 Å². The average Bonchev–Trinajstić information content (AvgIpc) is 1.99. The van der Waals surface area contributed by atoms with Crippen molar-refractivity contribution in [2.45, 2.75) is 53.4 Å². The van der Waals surface area contributed by atoms with Crippen LogP contribution in [0.3, 0.4) is 0 Å². The molecule has 0 aromatic carbocycles. The van der Waals surface area contributed by atoms with Crippen LogP contribution in [-0.4, -0.2) is 18.2 Å². The van der Waals surface area contributed by atoms with E-state index in [4.69, 9.17) is 0 Å². The molecule has 3 nitrogen and oxygen atoms in total. The Labute approximate surface area is 92.6 Å². The Balaban J connectivity index is 3.44. The van der Waals surface area contributed by atoms with Crippen LogP contribution in [0.1, 0.15) is 53.4 Å². The maximum absolute atomic E-state index is 11.4. The summed E-state index contributed by atoms with van der Waals surface area (Å²) in [4.78, 5) is 22.0. The zero-order valence-corrected chi connectivity index (χ0v) is 10.4. The molecule has 0 fully saturated rings. The summed E-state index contributed by atoms with van der Waals surface area (Å²) in [5, 5.41) is 2.86. The third-order valence-corrected chi connectivity index (χ3v) is 1.97. The summed E-state index contributed by atoms with van der Waals surface area (Å²) in [6.07, 6.45) is 2.93. The lowest BCUT2D eigenvalue weighted by molar-refractivity contribution is -0.122. The molecule has 0 rings (SSSR count). The van der Waals surface area contributed by atoms with E-state index < -0.39 is 0 Å². The van der Waals surface area contributed by atoms with E-state index in [0.29, 0.717) is 19.4 Å². The van der Waals surface area contributed by atoms with E-state index in [1.165, 1.54) is 0 Å². The number of carbonyl (C=O) groups is 2. The molecule has 1 amide bonds. The largest absolute Gasteiger partial charge is 0.356 e. The number of Topliss-reactive ketones (excluding diaryl/α,β-unsaturated/α-hetero) is 1. The Morgan fingerprint density at radius 3 is 2.20 bits per heavy atom. The minimum atomic E-state index is 0.0451. The molecule has 0 aliphatic heterocycles. The van der Waals surface area contributed by atoms with Crippen molar-refractivity contribution >= 4 is 11.7 Å². The smallest absolute Gasteiger partial charge is 0.220 e. The number of unbranched alkanes of at least 4 members (excludes halogenated alkanes) is 1. The minimum absolute atomic E-state index is 0.0451. The van der Waals surface area contributed by atoms with Crippen molar-refractivity contribution in [3.8, 4) is 0 Å². The second-order valence-electron chi connectivity index (χ2n) is 5.25. The molecule has 15 heavy (non-hydrogen) atoms. The Morgan fingerprint density at radius 1 is 1.13 bits per heavy atom. The van der Waals surface area contributed by atoms with E-state index >= 15 is 0 Å². The summed E-state index contributed by atoms with van der Waals surface area (Å²) in [5.74, 6) is 0.321. The molecule has 0 saturated carbocycles. The standard InChI is InChI=1S/C12H23NO2/c1-10(14)7-5-6-8-13-11(15)9-12(2,3)4/h5-9H2,1-4H3,(H,13,15). The van der Waals surface area contributed by atoms with Crippen molar-refractivity contribution in [2.24, 2.45) is 5.41 Å². The second-order valence-corrected chi connectivity index (χ2v) is 5.25. The zero-order valence-electron chi connectivity index (χ0n) is 10.4. The topological polar surface area (TPSA) is 46.2 Å². The number of amides is 1. The van der Waals surface area contributed by atoms with Gasteiger partial charge < -0.3 is 10.1 Å². The molecular formula is C12H23NO2. The van der Waals surface area contributed by atoms with E-state index in [0.717, 1.165) is 12.8 Å². The molecule has 1 N–H and O–H groups in total. The monoisotopic (exact) mass is 213 g/mol. The molecule has 0 aromatic rings. The van der Waals surface area contributed by atoms with Gasteiger partial charge in [-0.1, -0.05) is 20.8 Å². The van der Waals surface area contributed by atoms with Gasteiger partial charge in [-0.2, -0.15) is 0 Å². The van der Waals surface area contributed by atoms with E-state index in [9.17, 15) is 9.59 Å². The fourth-order valence-electron chi connectivity index (χ4n) is 1.27. The van der Waals surface area contributed by atoms with Crippen LogP contribution in [0.2, 0.25) is 0 Å². The number of hydrogen-bond donors (Lipinski definition) is 1. The van der Waals surface area contributed by atoms with Crippen LogP contribution in [0, 0.1) is 5.41 Å². The van der Waals surface area contributed by atoms with Gasteiger partial charge in [-0.25, -0.2) is 0 Å². The third kappa shape index (κ3) is 11.1. The lowest BCUT2D eigenvalue weighted by Gasteiger charge is -2.17. The lowest BCUT2D eigenvalue weighted by atomic mass is 9.92. The van der Waals surface area contributed by atoms with Gasteiger partial charge in [-0.3, -0.25) is 4.79 Å². The Morgan fingerprint density at radius 2 is 1.73 bits per heavy atom. The van der Waals surface area contributed by atoms with Crippen molar-refractivity contribution < 1.29 is 9.59 Å². The van der Waals surface area contributed by atoms with Crippen LogP contribution in [0.4, 0.5) is 0 Å². The number of ketones is 1. The molecule has 0 atom stereocenters. The van der Waals surface area contributed by atoms with Gasteiger partial charge in [0.2, 0.25) is 5.91 Å². The molecule has 0 aliphatic carbocycles. The molecule has 0 aromatic heterocycles. The first kappa shape index (κ1) is 14.1. The van der Waals surface area contributed by atoms with Crippen LogP contribution < -0.4 is 5.32 Å². The predicted molar refractivity (Wildman–Crippen MR) is 61.6 cm³/mol. The SMILES string of the molecule is CC(=O)CCCCNC(=O)CC(C)(C)C. The quantitative estimate of drug-likeness (QED) is 0.688. The summed E-state index contributed by atoms with van der Waals surface area (Å²) in [6, 6.07) is 0. The predicted octanol–water partition coefficient (Wildman–Crippen LogP) is 2.30. The first-order chi connectivity index (χ1) is 6.81. The zero-order chi connectivity index (χ0) is 11.9. The van der Waals surface area contributed by atoms with Gasteiger partial charge in [0.25, 0.3) is 0 Å². The summed E-state index contributed by atoms with van der Waals surface area (Å²) >= 11 is 0. The number of nitrogens with one attached hydrogen (secondary N) is 1. The maximum Gasteiger partial charge on any atom is 0.220 e. The van der Waals surface area contributed by atoms with Crippen molar-refractivity contribution in [3.05, 3.63) is 0 Å². The number of rotatable bonds is 6. The van der Waals surface area contributed by atoms with Gasteiger partial charge >= 0.3 is 0 Å². The number of carbonyl (C=O) groups excluding carboxylic acids is 2. The van der Waals surface area contributed by atoms with Gasteiger partial charge in [0.1, 0.15) is 5.78 Å². The first-order valence-corrected chi connectivity index (χ1v) is 5.57. The maximum atomic E-state index is 11.4. The van der Waals surface area contributed by atoms with Crippen LogP contribution >= 0.6 is 0 Å². The molecule has 88 valence electrons. The molecule has 0 unspecified atom stereocenters. The van der Waals surface area contributed by atoms with Crippen molar-refractivity contribution in [1.82, 2.24) is 5.32 Å². The Bertz CT molecular complexity index is 216. The summed E-state index contributed by atoms with van der Waals surface area (Å²) in [6.45, 7) is 8.41. The molecule has 0 spiro atoms. The summed E-state index contributed by atoms with van der Waals surface area (Å²) in [7, 11) is 0. The molecule has 0 bridgehead atoms. The molecule has 0 heterocycles. The van der Waals surface area contributed by atoms with Crippen molar-refractivity contribution in [2.75, 3.05) is 6.54 Å². The van der Waals surface area contributed by atoms with Crippen molar-refractivity contribution in [1.29, 1.82) is 0 Å². The van der Waals surface area contributed by atoms with E-state index in [-0.39, 0.29) is 17.1 Å². The van der Waals surface area contributed by atoms with Crippen LogP contribution in [0.15, 0.2) is 0 Å². The second kappa shape index (κ2) is 6.59. The van der Waals surface area contributed by atoms with Crippen LogP contribution in [0.5, 0.6) is 0 Å². The lowest BCUT2D eigenvalue weighted by Crippen LogP contribution is -2.28. The van der Waals surface area contributed by atoms with Gasteiger partial charge in [0, 0.05) is 19.4 Å². The molecular weight excluding hydrogens is 190 g/mol. The van der Waals surface area contributed by atoms with Crippen LogP contribution in [0.25, 0.3) is 0 Å². The molecule has 0 radical (unpaired) electrons. The summed E-state index contributed by atoms with van der Waals surface area (Å²) < 4.78 is 0. The van der Waals surface area contributed by atoms with E-state index in [1.54, 1.807) is 6.92 Å². The van der Waals surface area contributed by atoms with E-state index in [2.05, 4.69) is 5.32 Å². The molecule has 0 aliphatic rings. The molecule has 3 heteroatoms. The first-order valence-electron chi connectivity index (χ1n) is 5.57. The van der Waals surface area contributed by atoms with E-state index in [1.807, 2.05) is 20.8 Å². The fourth-order valence-corrected chi connectivity index (χ4v) is 1.27. The van der Waals surface area contributed by atoms with Gasteiger partial charge in [-0.05, 0) is 25.2 Å². The Hall–Kier alpha value is -0.860. The highest BCUT2D eigenvalue weighted by Gasteiger charge is 2.14. The fraction of sp³-hybridized carbons (Fsp3) is 0.833. The highest BCUT2D eigenvalue weighted by molar-refractivity contribution is 5.76. The third-order valence-electron chi connectivity index (χ3n) is 1.97. The van der Waals surface area contributed by atoms with Gasteiger partial charge in [0.15, 0.2) is 0 Å². The molecule has 0 saturated heterocycles. The normalized spacial score (nSPS) is 11.2. The highest BCUT2D eigenvalue weighted by Crippen LogP contribution is 2.17. The highest BCUT2D eigenvalue weighted by atomic mass is 16.1.